The van der Waals surface area contributed by atoms with Crippen LogP contribution in [0.4, 0.5) is 4.79 Å². The second kappa shape index (κ2) is 7.14. The van der Waals surface area contributed by atoms with Gasteiger partial charge in [0.2, 0.25) is 5.91 Å². The van der Waals surface area contributed by atoms with Gasteiger partial charge in [-0.25, -0.2) is 4.79 Å². The van der Waals surface area contributed by atoms with Crippen LogP contribution in [0.25, 0.3) is 0 Å². The first-order valence-corrected chi connectivity index (χ1v) is 9.42. The third-order valence-electron chi connectivity index (χ3n) is 5.05. The van der Waals surface area contributed by atoms with Gasteiger partial charge in [0.05, 0.1) is 5.92 Å². The second-order valence-electron chi connectivity index (χ2n) is 9.41. The van der Waals surface area contributed by atoms with E-state index in [1.165, 1.54) is 0 Å². The molecule has 25 heavy (non-hydrogen) atoms. The van der Waals surface area contributed by atoms with E-state index in [9.17, 15) is 9.59 Å². The fourth-order valence-corrected chi connectivity index (χ4v) is 3.58. The minimum atomic E-state index is -0.496. The van der Waals surface area contributed by atoms with Gasteiger partial charge in [-0.1, -0.05) is 0 Å². The highest BCUT2D eigenvalue weighted by molar-refractivity contribution is 5.80. The summed E-state index contributed by atoms with van der Waals surface area (Å²) in [7, 11) is 0. The van der Waals surface area contributed by atoms with Crippen molar-refractivity contribution in [3.63, 3.8) is 0 Å². The molecule has 0 spiro atoms. The fraction of sp³-hybridized carbons (Fsp3) is 0.895. The zero-order valence-electron chi connectivity index (χ0n) is 17.0. The van der Waals surface area contributed by atoms with Gasteiger partial charge in [-0.2, -0.15) is 0 Å². The molecule has 2 heterocycles. The Morgan fingerprint density at radius 3 is 2.08 bits per heavy atom. The maximum atomic E-state index is 12.9. The van der Waals surface area contributed by atoms with E-state index in [0.29, 0.717) is 19.6 Å². The van der Waals surface area contributed by atoms with Crippen molar-refractivity contribution in [2.45, 2.75) is 72.1 Å². The van der Waals surface area contributed by atoms with Gasteiger partial charge in [0.15, 0.2) is 0 Å². The van der Waals surface area contributed by atoms with E-state index < -0.39 is 5.60 Å². The molecule has 2 unspecified atom stereocenters. The van der Waals surface area contributed by atoms with E-state index in [-0.39, 0.29) is 29.5 Å². The summed E-state index contributed by atoms with van der Waals surface area (Å²) in [5.41, 5.74) is -0.387. The largest absolute Gasteiger partial charge is 0.444 e. The number of nitrogens with zero attached hydrogens (tertiary/aromatic N) is 3. The molecule has 0 N–H and O–H groups in total. The van der Waals surface area contributed by atoms with Crippen molar-refractivity contribution in [3.05, 3.63) is 0 Å². The van der Waals surface area contributed by atoms with Gasteiger partial charge in [-0.05, 0) is 61.4 Å². The zero-order valence-corrected chi connectivity index (χ0v) is 17.0. The molecule has 2 amide bonds. The van der Waals surface area contributed by atoms with E-state index in [0.717, 1.165) is 19.5 Å². The topological polar surface area (TPSA) is 53.1 Å². The van der Waals surface area contributed by atoms with Crippen molar-refractivity contribution in [1.29, 1.82) is 0 Å². The van der Waals surface area contributed by atoms with Crippen LogP contribution in [0.5, 0.6) is 0 Å². The normalized spacial score (nSPS) is 26.0. The smallest absolute Gasteiger partial charge is 0.410 e. The molecular formula is C19H35N3O3. The van der Waals surface area contributed by atoms with E-state index in [1.54, 1.807) is 4.90 Å². The van der Waals surface area contributed by atoms with Crippen molar-refractivity contribution < 1.29 is 14.3 Å². The molecule has 2 rings (SSSR count). The van der Waals surface area contributed by atoms with Crippen LogP contribution in [0.1, 0.15) is 54.9 Å². The summed E-state index contributed by atoms with van der Waals surface area (Å²) in [5, 5.41) is 0. The molecule has 0 aromatic rings. The first-order chi connectivity index (χ1) is 11.4. The molecule has 2 aliphatic rings. The number of carbonyl (C=O) groups is 2. The van der Waals surface area contributed by atoms with Crippen molar-refractivity contribution in [2.75, 3.05) is 32.7 Å². The van der Waals surface area contributed by atoms with Crippen molar-refractivity contribution >= 4 is 12.0 Å². The lowest BCUT2D eigenvalue weighted by molar-refractivity contribution is -0.138. The molecule has 0 saturated carbocycles. The molecule has 6 heteroatoms. The lowest BCUT2D eigenvalue weighted by Crippen LogP contribution is -2.57. The number of amides is 2. The lowest BCUT2D eigenvalue weighted by Gasteiger charge is -2.41. The number of rotatable bonds is 1. The van der Waals surface area contributed by atoms with Gasteiger partial charge in [0, 0.05) is 37.8 Å². The van der Waals surface area contributed by atoms with Gasteiger partial charge >= 0.3 is 6.09 Å². The van der Waals surface area contributed by atoms with E-state index in [1.807, 2.05) is 32.6 Å². The van der Waals surface area contributed by atoms with E-state index >= 15 is 0 Å². The number of carbonyl (C=O) groups excluding carboxylic acids is 2. The maximum absolute atomic E-state index is 12.9. The summed E-state index contributed by atoms with van der Waals surface area (Å²) in [4.78, 5) is 31.3. The summed E-state index contributed by atoms with van der Waals surface area (Å²) in [6.45, 7) is 17.7. The Labute approximate surface area is 152 Å². The van der Waals surface area contributed by atoms with Crippen LogP contribution in [-0.2, 0) is 9.53 Å². The van der Waals surface area contributed by atoms with Gasteiger partial charge in [0.25, 0.3) is 0 Å². The highest BCUT2D eigenvalue weighted by Gasteiger charge is 2.38. The van der Waals surface area contributed by atoms with Crippen LogP contribution in [0.3, 0.4) is 0 Å². The number of hydrogen-bond donors (Lipinski definition) is 0. The minimum absolute atomic E-state index is 0.0207. The predicted molar refractivity (Wildman–Crippen MR) is 98.4 cm³/mol. The first kappa shape index (κ1) is 20.0. The molecule has 2 atom stereocenters. The number of likely N-dealkylation sites (tertiary alicyclic amines) is 1. The minimum Gasteiger partial charge on any atom is -0.444 e. The summed E-state index contributed by atoms with van der Waals surface area (Å²) in [6, 6.07) is -0.0207. The molecular weight excluding hydrogens is 318 g/mol. The first-order valence-electron chi connectivity index (χ1n) is 9.42. The highest BCUT2D eigenvalue weighted by Crippen LogP contribution is 2.26. The maximum Gasteiger partial charge on any atom is 0.410 e. The Kier molecular flexibility index (Phi) is 5.71. The second-order valence-corrected chi connectivity index (χ2v) is 9.41. The molecule has 0 aromatic heterocycles. The Hall–Kier alpha value is -1.30. The van der Waals surface area contributed by atoms with E-state index in [2.05, 4.69) is 25.7 Å². The van der Waals surface area contributed by atoms with Crippen molar-refractivity contribution in [2.24, 2.45) is 5.92 Å². The van der Waals surface area contributed by atoms with Crippen LogP contribution in [0.15, 0.2) is 0 Å². The third kappa shape index (κ3) is 5.09. The Balaban J connectivity index is 1.90. The number of piperazine rings is 1. The summed E-state index contributed by atoms with van der Waals surface area (Å²) in [5.74, 6) is 0.321. The quantitative estimate of drug-likeness (QED) is 0.727. The standard InChI is InChI=1S/C19H35N3O3/c1-14-12-20(10-11-22(14)17(24)25-19(5,6)7)16(23)15-8-9-21(13-15)18(2,3)4/h14-15H,8-13H2,1-7H3. The molecule has 0 aromatic carbocycles. The molecule has 0 bridgehead atoms. The fourth-order valence-electron chi connectivity index (χ4n) is 3.58. The lowest BCUT2D eigenvalue weighted by atomic mass is 10.0. The van der Waals surface area contributed by atoms with Gasteiger partial charge < -0.3 is 14.5 Å². The molecule has 0 radical (unpaired) electrons. The molecule has 2 aliphatic heterocycles. The number of hydrogen-bond acceptors (Lipinski definition) is 4. The summed E-state index contributed by atoms with van der Waals surface area (Å²) < 4.78 is 5.47. The highest BCUT2D eigenvalue weighted by atomic mass is 16.6. The average Bonchev–Trinajstić information content (AvgIpc) is 2.94. The van der Waals surface area contributed by atoms with Crippen LogP contribution in [-0.4, -0.2) is 76.6 Å². The van der Waals surface area contributed by atoms with Gasteiger partial charge in [-0.15, -0.1) is 0 Å². The zero-order chi connectivity index (χ0) is 19.0. The SMILES string of the molecule is CC1CN(C(=O)C2CCN(C(C)(C)C)C2)CCN1C(=O)OC(C)(C)C. The van der Waals surface area contributed by atoms with Crippen LogP contribution >= 0.6 is 0 Å². The Bertz CT molecular complexity index is 507. The van der Waals surface area contributed by atoms with Crippen molar-refractivity contribution in [1.82, 2.24) is 14.7 Å². The van der Waals surface area contributed by atoms with Crippen molar-refractivity contribution in [3.8, 4) is 0 Å². The molecule has 144 valence electrons. The molecule has 2 fully saturated rings. The average molecular weight is 354 g/mol. The van der Waals surface area contributed by atoms with Crippen LogP contribution < -0.4 is 0 Å². The predicted octanol–water partition coefficient (Wildman–Crippen LogP) is 2.57. The van der Waals surface area contributed by atoms with E-state index in [4.69, 9.17) is 4.74 Å². The molecule has 6 nitrogen and oxygen atoms in total. The van der Waals surface area contributed by atoms with Gasteiger partial charge in [-0.3, -0.25) is 9.69 Å². The third-order valence-corrected chi connectivity index (χ3v) is 5.05. The Morgan fingerprint density at radius 1 is 0.960 bits per heavy atom. The molecule has 2 saturated heterocycles. The number of ether oxygens (including phenoxy) is 1. The monoisotopic (exact) mass is 353 g/mol. The van der Waals surface area contributed by atoms with Crippen LogP contribution in [0, 0.1) is 5.92 Å². The summed E-state index contributed by atoms with van der Waals surface area (Å²) in [6.07, 6.45) is 0.642. The molecule has 0 aliphatic carbocycles. The van der Waals surface area contributed by atoms with Crippen LogP contribution in [0.2, 0.25) is 0 Å². The van der Waals surface area contributed by atoms with Gasteiger partial charge in [0.1, 0.15) is 5.60 Å². The summed E-state index contributed by atoms with van der Waals surface area (Å²) >= 11 is 0. The Morgan fingerprint density at radius 2 is 1.60 bits per heavy atom.